The van der Waals surface area contributed by atoms with Gasteiger partial charge in [0.05, 0.1) is 5.56 Å². The molecule has 6 heteroatoms. The number of aromatic carboxylic acids is 1. The SMILES string of the molecule is CSc1ccc(Oc2c(F)cc(C(=O)O)cc2F)cc1. The molecule has 0 saturated carbocycles. The van der Waals surface area contributed by atoms with Gasteiger partial charge in [-0.2, -0.15) is 0 Å². The first-order valence-electron chi connectivity index (χ1n) is 5.55. The third-order valence-corrected chi connectivity index (χ3v) is 3.27. The van der Waals surface area contributed by atoms with E-state index in [4.69, 9.17) is 9.84 Å². The van der Waals surface area contributed by atoms with Crippen molar-refractivity contribution in [1.29, 1.82) is 0 Å². The molecule has 0 aliphatic carbocycles. The highest BCUT2D eigenvalue weighted by Gasteiger charge is 2.16. The van der Waals surface area contributed by atoms with Crippen LogP contribution in [0.15, 0.2) is 41.3 Å². The molecule has 0 heterocycles. The van der Waals surface area contributed by atoms with Gasteiger partial charge in [-0.25, -0.2) is 13.6 Å². The summed E-state index contributed by atoms with van der Waals surface area (Å²) in [6, 6.07) is 8.10. The van der Waals surface area contributed by atoms with Crippen LogP contribution in [0, 0.1) is 11.6 Å². The number of rotatable bonds is 4. The zero-order chi connectivity index (χ0) is 14.7. The third-order valence-electron chi connectivity index (χ3n) is 2.52. The van der Waals surface area contributed by atoms with Crippen LogP contribution in [0.5, 0.6) is 11.5 Å². The van der Waals surface area contributed by atoms with Crippen molar-refractivity contribution >= 4 is 17.7 Å². The number of carboxylic acids is 1. The van der Waals surface area contributed by atoms with Crippen LogP contribution in [0.25, 0.3) is 0 Å². The molecular formula is C14H10F2O3S. The lowest BCUT2D eigenvalue weighted by atomic mass is 10.2. The number of hydrogen-bond donors (Lipinski definition) is 1. The topological polar surface area (TPSA) is 46.5 Å². The second-order valence-electron chi connectivity index (χ2n) is 3.85. The van der Waals surface area contributed by atoms with Gasteiger partial charge in [0, 0.05) is 4.90 Å². The fourth-order valence-corrected chi connectivity index (χ4v) is 1.95. The molecule has 2 aromatic carbocycles. The van der Waals surface area contributed by atoms with Crippen molar-refractivity contribution in [1.82, 2.24) is 0 Å². The number of halogens is 2. The lowest BCUT2D eigenvalue weighted by Gasteiger charge is -2.09. The Balaban J connectivity index is 2.30. The molecule has 104 valence electrons. The largest absolute Gasteiger partial charge is 0.478 e. The molecule has 3 nitrogen and oxygen atoms in total. The highest BCUT2D eigenvalue weighted by atomic mass is 32.2. The normalized spacial score (nSPS) is 10.3. The van der Waals surface area contributed by atoms with Gasteiger partial charge in [-0.05, 0) is 42.7 Å². The van der Waals surface area contributed by atoms with Gasteiger partial charge in [-0.1, -0.05) is 0 Å². The van der Waals surface area contributed by atoms with Crippen LogP contribution in [0.4, 0.5) is 8.78 Å². The Morgan fingerprint density at radius 3 is 2.15 bits per heavy atom. The summed E-state index contributed by atoms with van der Waals surface area (Å²) in [7, 11) is 0. The van der Waals surface area contributed by atoms with E-state index >= 15 is 0 Å². The number of ether oxygens (including phenoxy) is 1. The molecule has 0 aliphatic heterocycles. The maximum atomic E-state index is 13.7. The lowest BCUT2D eigenvalue weighted by Crippen LogP contribution is -2.01. The lowest BCUT2D eigenvalue weighted by molar-refractivity contribution is 0.0695. The van der Waals surface area contributed by atoms with Gasteiger partial charge in [0.15, 0.2) is 17.4 Å². The molecule has 0 aliphatic rings. The first-order chi connectivity index (χ1) is 9.51. The van der Waals surface area contributed by atoms with Crippen molar-refractivity contribution < 1.29 is 23.4 Å². The number of carboxylic acid groups (broad SMARTS) is 1. The Kier molecular flexibility index (Phi) is 4.24. The van der Waals surface area contributed by atoms with Crippen molar-refractivity contribution in [3.8, 4) is 11.5 Å². The Morgan fingerprint density at radius 1 is 1.15 bits per heavy atom. The summed E-state index contributed by atoms with van der Waals surface area (Å²) < 4.78 is 32.5. The van der Waals surface area contributed by atoms with Crippen molar-refractivity contribution in [2.45, 2.75) is 4.90 Å². The van der Waals surface area contributed by atoms with Crippen LogP contribution in [0.3, 0.4) is 0 Å². The van der Waals surface area contributed by atoms with Gasteiger partial charge in [0.1, 0.15) is 5.75 Å². The molecule has 0 radical (unpaired) electrons. The van der Waals surface area contributed by atoms with E-state index < -0.39 is 28.9 Å². The summed E-state index contributed by atoms with van der Waals surface area (Å²) in [4.78, 5) is 11.7. The van der Waals surface area contributed by atoms with E-state index in [0.29, 0.717) is 0 Å². The van der Waals surface area contributed by atoms with Crippen molar-refractivity contribution in [2.24, 2.45) is 0 Å². The van der Waals surface area contributed by atoms with E-state index in [2.05, 4.69) is 0 Å². The molecule has 0 aromatic heterocycles. The van der Waals surface area contributed by atoms with Crippen LogP contribution >= 0.6 is 11.8 Å². The standard InChI is InChI=1S/C14H10F2O3S/c1-20-10-4-2-9(3-5-10)19-13-11(15)6-8(14(17)18)7-12(13)16/h2-7H,1H3,(H,17,18). The van der Waals surface area contributed by atoms with Gasteiger partial charge >= 0.3 is 5.97 Å². The van der Waals surface area contributed by atoms with E-state index in [9.17, 15) is 13.6 Å². The molecule has 0 unspecified atom stereocenters. The Hall–Kier alpha value is -2.08. The molecule has 1 N–H and O–H groups in total. The Morgan fingerprint density at radius 2 is 1.70 bits per heavy atom. The van der Waals surface area contributed by atoms with Gasteiger partial charge in [-0.15, -0.1) is 11.8 Å². The third kappa shape index (κ3) is 3.08. The molecule has 0 fully saturated rings. The molecule has 2 rings (SSSR count). The second-order valence-corrected chi connectivity index (χ2v) is 4.73. The number of carbonyl (C=O) groups is 1. The van der Waals surface area contributed by atoms with E-state index in [0.717, 1.165) is 17.0 Å². The molecule has 20 heavy (non-hydrogen) atoms. The van der Waals surface area contributed by atoms with E-state index in [1.54, 1.807) is 24.3 Å². The van der Waals surface area contributed by atoms with E-state index in [1.165, 1.54) is 11.8 Å². The van der Waals surface area contributed by atoms with Crippen molar-refractivity contribution in [3.63, 3.8) is 0 Å². The fraction of sp³-hybridized carbons (Fsp3) is 0.0714. The van der Waals surface area contributed by atoms with Crippen LogP contribution < -0.4 is 4.74 Å². The van der Waals surface area contributed by atoms with Gasteiger partial charge < -0.3 is 9.84 Å². The minimum atomic E-state index is -1.40. The van der Waals surface area contributed by atoms with Gasteiger partial charge in [-0.3, -0.25) is 0 Å². The molecule has 0 bridgehead atoms. The first kappa shape index (κ1) is 14.3. The molecule has 0 saturated heterocycles. The Bertz CT molecular complexity index is 618. The highest BCUT2D eigenvalue weighted by Crippen LogP contribution is 2.29. The van der Waals surface area contributed by atoms with Gasteiger partial charge in [0.2, 0.25) is 0 Å². The average Bonchev–Trinajstić information content (AvgIpc) is 2.43. The quantitative estimate of drug-likeness (QED) is 0.860. The van der Waals surface area contributed by atoms with Gasteiger partial charge in [0.25, 0.3) is 0 Å². The smallest absolute Gasteiger partial charge is 0.335 e. The molecule has 2 aromatic rings. The first-order valence-corrected chi connectivity index (χ1v) is 6.78. The predicted octanol–water partition coefficient (Wildman–Crippen LogP) is 4.18. The molecule has 0 atom stereocenters. The maximum absolute atomic E-state index is 13.7. The Labute approximate surface area is 118 Å². The summed E-state index contributed by atoms with van der Waals surface area (Å²) in [5.41, 5.74) is -0.468. The summed E-state index contributed by atoms with van der Waals surface area (Å²) in [5.74, 6) is -3.87. The monoisotopic (exact) mass is 296 g/mol. The minimum Gasteiger partial charge on any atom is -0.478 e. The van der Waals surface area contributed by atoms with Crippen LogP contribution in [0.1, 0.15) is 10.4 Å². The maximum Gasteiger partial charge on any atom is 0.335 e. The van der Waals surface area contributed by atoms with Crippen molar-refractivity contribution in [2.75, 3.05) is 6.26 Å². The number of hydrogen-bond acceptors (Lipinski definition) is 3. The van der Waals surface area contributed by atoms with Crippen LogP contribution in [0.2, 0.25) is 0 Å². The average molecular weight is 296 g/mol. The zero-order valence-electron chi connectivity index (χ0n) is 10.4. The second kappa shape index (κ2) is 5.92. The minimum absolute atomic E-state index is 0.267. The van der Waals surface area contributed by atoms with Crippen molar-refractivity contribution in [3.05, 3.63) is 53.6 Å². The molecular weight excluding hydrogens is 286 g/mol. The summed E-state index contributed by atoms with van der Waals surface area (Å²) in [6.45, 7) is 0. The fourth-order valence-electron chi connectivity index (χ4n) is 1.54. The zero-order valence-corrected chi connectivity index (χ0v) is 11.2. The highest BCUT2D eigenvalue weighted by molar-refractivity contribution is 7.98. The van der Waals surface area contributed by atoms with E-state index in [-0.39, 0.29) is 5.75 Å². The number of thioether (sulfide) groups is 1. The summed E-state index contributed by atoms with van der Waals surface area (Å²) in [5, 5.41) is 8.70. The summed E-state index contributed by atoms with van der Waals surface area (Å²) in [6.07, 6.45) is 1.90. The number of benzene rings is 2. The van der Waals surface area contributed by atoms with Crippen LogP contribution in [-0.2, 0) is 0 Å². The van der Waals surface area contributed by atoms with Crippen LogP contribution in [-0.4, -0.2) is 17.3 Å². The molecule has 0 amide bonds. The molecule has 0 spiro atoms. The predicted molar refractivity (Wildman–Crippen MR) is 71.6 cm³/mol. The van der Waals surface area contributed by atoms with E-state index in [1.807, 2.05) is 6.26 Å². The summed E-state index contributed by atoms with van der Waals surface area (Å²) >= 11 is 1.53.